The van der Waals surface area contributed by atoms with Gasteiger partial charge in [0.15, 0.2) is 5.96 Å². The van der Waals surface area contributed by atoms with Crippen molar-refractivity contribution in [2.75, 3.05) is 71.0 Å². The van der Waals surface area contributed by atoms with Crippen LogP contribution < -0.4 is 15.5 Å². The third-order valence-corrected chi connectivity index (χ3v) is 4.94. The summed E-state index contributed by atoms with van der Waals surface area (Å²) in [4.78, 5) is 9.22. The summed E-state index contributed by atoms with van der Waals surface area (Å²) < 4.78 is 5.42. The molecule has 1 unspecified atom stereocenters. The average molecular weight is 503 g/mol. The van der Waals surface area contributed by atoms with E-state index in [4.69, 9.17) is 4.74 Å². The maximum Gasteiger partial charge on any atom is 0.191 e. The Morgan fingerprint density at radius 3 is 2.68 bits per heavy atom. The lowest BCUT2D eigenvalue weighted by Crippen LogP contribution is -2.45. The van der Waals surface area contributed by atoms with E-state index >= 15 is 0 Å². The van der Waals surface area contributed by atoms with Gasteiger partial charge < -0.3 is 20.3 Å². The summed E-state index contributed by atoms with van der Waals surface area (Å²) in [5, 5.41) is 6.90. The Balaban J connectivity index is 0.00000392. The Bertz CT molecular complexity index is 578. The predicted octanol–water partition coefficient (Wildman–Crippen LogP) is 2.57. The van der Waals surface area contributed by atoms with E-state index in [1.807, 2.05) is 7.05 Å². The first kappa shape index (κ1) is 25.0. The van der Waals surface area contributed by atoms with Gasteiger partial charge in [0, 0.05) is 58.5 Å². The van der Waals surface area contributed by atoms with Crippen molar-refractivity contribution in [1.29, 1.82) is 0 Å². The molecule has 0 spiro atoms. The van der Waals surface area contributed by atoms with E-state index in [9.17, 15) is 0 Å². The number of hydrogen-bond acceptors (Lipinski definition) is 4. The molecule has 0 aromatic heterocycles. The molecule has 1 fully saturated rings. The Kier molecular flexibility index (Phi) is 12.5. The standard InChI is InChI=1S/C21H37N5O.HI/c1-5-26(20-8-6-7-18(2)15-20)10-9-23-21(22-4)24-16-19(3)17-25-11-13-27-14-12-25;/h6-8,15,19H,5,9-14,16-17H2,1-4H3,(H2,22,23,24);1H. The summed E-state index contributed by atoms with van der Waals surface area (Å²) in [5.74, 6) is 1.45. The third kappa shape index (κ3) is 8.96. The maximum atomic E-state index is 5.42. The summed E-state index contributed by atoms with van der Waals surface area (Å²) in [7, 11) is 1.83. The van der Waals surface area contributed by atoms with Crippen molar-refractivity contribution in [3.63, 3.8) is 0 Å². The fourth-order valence-electron chi connectivity index (χ4n) is 3.38. The van der Waals surface area contributed by atoms with Crippen molar-refractivity contribution >= 4 is 35.6 Å². The minimum Gasteiger partial charge on any atom is -0.379 e. The normalized spacial score (nSPS) is 16.2. The summed E-state index contributed by atoms with van der Waals surface area (Å²) >= 11 is 0. The number of likely N-dealkylation sites (N-methyl/N-ethyl adjacent to an activating group) is 1. The van der Waals surface area contributed by atoms with Gasteiger partial charge in [0.05, 0.1) is 13.2 Å². The number of benzene rings is 1. The number of nitrogens with one attached hydrogen (secondary N) is 2. The fraction of sp³-hybridized carbons (Fsp3) is 0.667. The molecule has 1 saturated heterocycles. The Morgan fingerprint density at radius 2 is 2.04 bits per heavy atom. The number of halogens is 1. The highest BCUT2D eigenvalue weighted by Gasteiger charge is 2.14. The lowest BCUT2D eigenvalue weighted by molar-refractivity contribution is 0.0320. The van der Waals surface area contributed by atoms with Gasteiger partial charge in [-0.2, -0.15) is 0 Å². The third-order valence-electron chi connectivity index (χ3n) is 4.94. The summed E-state index contributed by atoms with van der Waals surface area (Å²) in [5.41, 5.74) is 2.58. The largest absolute Gasteiger partial charge is 0.379 e. The molecule has 6 nitrogen and oxygen atoms in total. The van der Waals surface area contributed by atoms with Gasteiger partial charge in [-0.1, -0.05) is 19.1 Å². The Morgan fingerprint density at radius 1 is 1.29 bits per heavy atom. The molecule has 1 heterocycles. The van der Waals surface area contributed by atoms with E-state index in [1.54, 1.807) is 0 Å². The van der Waals surface area contributed by atoms with Gasteiger partial charge in [-0.15, -0.1) is 24.0 Å². The number of aliphatic imine (C=N–C) groups is 1. The zero-order valence-electron chi connectivity index (χ0n) is 17.9. The lowest BCUT2D eigenvalue weighted by atomic mass is 10.1. The summed E-state index contributed by atoms with van der Waals surface area (Å²) in [6.45, 7) is 15.3. The average Bonchev–Trinajstić information content (AvgIpc) is 2.68. The number of guanidine groups is 1. The first-order valence-electron chi connectivity index (χ1n) is 10.2. The molecule has 1 aliphatic rings. The first-order valence-corrected chi connectivity index (χ1v) is 10.2. The van der Waals surface area contributed by atoms with Crippen molar-refractivity contribution in [3.05, 3.63) is 29.8 Å². The van der Waals surface area contributed by atoms with Crippen molar-refractivity contribution < 1.29 is 4.74 Å². The van der Waals surface area contributed by atoms with Gasteiger partial charge >= 0.3 is 0 Å². The van der Waals surface area contributed by atoms with Crippen LogP contribution in [0.25, 0.3) is 0 Å². The van der Waals surface area contributed by atoms with E-state index in [0.717, 1.165) is 65.0 Å². The molecule has 2 N–H and O–H groups in total. The minimum atomic E-state index is 0. The van der Waals surface area contributed by atoms with Gasteiger partial charge in [0.1, 0.15) is 0 Å². The van der Waals surface area contributed by atoms with Gasteiger partial charge in [-0.25, -0.2) is 0 Å². The summed E-state index contributed by atoms with van der Waals surface area (Å²) in [6.07, 6.45) is 0. The molecule has 1 atom stereocenters. The molecular formula is C21H38IN5O. The van der Waals surface area contributed by atoms with Gasteiger partial charge in [0.25, 0.3) is 0 Å². The quantitative estimate of drug-likeness (QED) is 0.308. The van der Waals surface area contributed by atoms with Gasteiger partial charge in [-0.3, -0.25) is 9.89 Å². The second kappa shape index (κ2) is 14.0. The molecule has 0 bridgehead atoms. The SMILES string of the molecule is CCN(CCNC(=NC)NCC(C)CN1CCOCC1)c1cccc(C)c1.I. The number of nitrogens with zero attached hydrogens (tertiary/aromatic N) is 3. The van der Waals surface area contributed by atoms with Crippen LogP contribution in [-0.4, -0.2) is 76.9 Å². The van der Waals surface area contributed by atoms with Crippen LogP contribution in [0, 0.1) is 12.8 Å². The van der Waals surface area contributed by atoms with E-state index in [0.29, 0.717) is 5.92 Å². The molecule has 1 aromatic rings. The molecule has 0 saturated carbocycles. The van der Waals surface area contributed by atoms with Crippen LogP contribution in [-0.2, 0) is 4.74 Å². The first-order chi connectivity index (χ1) is 13.1. The van der Waals surface area contributed by atoms with Crippen LogP contribution in [0.3, 0.4) is 0 Å². The van der Waals surface area contributed by atoms with Crippen LogP contribution in [0.5, 0.6) is 0 Å². The summed E-state index contributed by atoms with van der Waals surface area (Å²) in [6, 6.07) is 8.68. The molecule has 1 aromatic carbocycles. The van der Waals surface area contributed by atoms with Crippen LogP contribution in [0.1, 0.15) is 19.4 Å². The minimum absolute atomic E-state index is 0. The zero-order valence-corrected chi connectivity index (χ0v) is 20.2. The zero-order chi connectivity index (χ0) is 19.5. The van der Waals surface area contributed by atoms with Crippen LogP contribution in [0.15, 0.2) is 29.3 Å². The van der Waals surface area contributed by atoms with Gasteiger partial charge in [0.2, 0.25) is 0 Å². The molecule has 0 radical (unpaired) electrons. The van der Waals surface area contributed by atoms with E-state index in [1.165, 1.54) is 11.3 Å². The number of aryl methyl sites for hydroxylation is 1. The van der Waals surface area contributed by atoms with Crippen molar-refractivity contribution in [3.8, 4) is 0 Å². The highest BCUT2D eigenvalue weighted by atomic mass is 127. The molecule has 2 rings (SSSR count). The number of morpholine rings is 1. The van der Waals surface area contributed by atoms with Crippen LogP contribution in [0.2, 0.25) is 0 Å². The molecule has 28 heavy (non-hydrogen) atoms. The van der Waals surface area contributed by atoms with E-state index < -0.39 is 0 Å². The topological polar surface area (TPSA) is 52.1 Å². The van der Waals surface area contributed by atoms with E-state index in [2.05, 4.69) is 70.5 Å². The number of anilines is 1. The van der Waals surface area contributed by atoms with E-state index in [-0.39, 0.29) is 24.0 Å². The predicted molar refractivity (Wildman–Crippen MR) is 130 cm³/mol. The molecular weight excluding hydrogens is 465 g/mol. The molecule has 0 amide bonds. The fourth-order valence-corrected chi connectivity index (χ4v) is 3.38. The van der Waals surface area contributed by atoms with Crippen LogP contribution in [0.4, 0.5) is 5.69 Å². The molecule has 7 heteroatoms. The van der Waals surface area contributed by atoms with Gasteiger partial charge in [-0.05, 0) is 37.5 Å². The van der Waals surface area contributed by atoms with Crippen LogP contribution >= 0.6 is 24.0 Å². The molecule has 160 valence electrons. The second-order valence-corrected chi connectivity index (χ2v) is 7.32. The van der Waals surface area contributed by atoms with Crippen molar-refractivity contribution in [2.45, 2.75) is 20.8 Å². The van der Waals surface area contributed by atoms with Crippen molar-refractivity contribution in [2.24, 2.45) is 10.9 Å². The number of rotatable bonds is 9. The maximum absolute atomic E-state index is 5.42. The van der Waals surface area contributed by atoms with Crippen molar-refractivity contribution in [1.82, 2.24) is 15.5 Å². The highest BCUT2D eigenvalue weighted by molar-refractivity contribution is 14.0. The second-order valence-electron chi connectivity index (χ2n) is 7.32. The number of hydrogen-bond donors (Lipinski definition) is 2. The Labute approximate surface area is 188 Å². The number of ether oxygens (including phenoxy) is 1. The lowest BCUT2D eigenvalue weighted by Gasteiger charge is -2.29. The molecule has 0 aliphatic carbocycles. The Hall–Kier alpha value is -1.06. The highest BCUT2D eigenvalue weighted by Crippen LogP contribution is 2.14. The molecule has 1 aliphatic heterocycles. The monoisotopic (exact) mass is 503 g/mol. The smallest absolute Gasteiger partial charge is 0.191 e.